The average Bonchev–Trinajstić information content (AvgIpc) is 2.26. The molecular formula is C12H14ClFO2. The average molecular weight is 245 g/mol. The Hall–Kier alpha value is -0.640. The molecule has 1 fully saturated rings. The molecule has 1 aromatic carbocycles. The SMILES string of the molecule is OC1(Cc2cccc(F)c2Cl)CCOCC1. The first kappa shape index (κ1) is 11.8. The molecule has 1 aliphatic heterocycles. The van der Waals surface area contributed by atoms with Gasteiger partial charge in [-0.25, -0.2) is 4.39 Å². The van der Waals surface area contributed by atoms with E-state index < -0.39 is 11.4 Å². The van der Waals surface area contributed by atoms with Gasteiger partial charge in [-0.3, -0.25) is 0 Å². The van der Waals surface area contributed by atoms with E-state index >= 15 is 0 Å². The molecule has 0 aromatic heterocycles. The number of ether oxygens (including phenoxy) is 1. The monoisotopic (exact) mass is 244 g/mol. The zero-order valence-electron chi connectivity index (χ0n) is 8.88. The van der Waals surface area contributed by atoms with Gasteiger partial charge in [0.05, 0.1) is 10.6 Å². The van der Waals surface area contributed by atoms with Gasteiger partial charge in [0.15, 0.2) is 0 Å². The molecule has 1 saturated heterocycles. The molecule has 1 aliphatic rings. The number of rotatable bonds is 2. The third-order valence-electron chi connectivity index (χ3n) is 2.97. The Morgan fingerprint density at radius 2 is 2.06 bits per heavy atom. The second-order valence-corrected chi connectivity index (χ2v) is 4.60. The molecule has 1 aromatic rings. The van der Waals surface area contributed by atoms with E-state index in [1.807, 2.05) is 0 Å². The summed E-state index contributed by atoms with van der Waals surface area (Å²) in [5.74, 6) is -0.435. The Kier molecular flexibility index (Phi) is 3.47. The van der Waals surface area contributed by atoms with E-state index in [4.69, 9.17) is 16.3 Å². The summed E-state index contributed by atoms with van der Waals surface area (Å²) in [5.41, 5.74) is -0.151. The molecule has 0 saturated carbocycles. The van der Waals surface area contributed by atoms with Crippen LogP contribution >= 0.6 is 11.6 Å². The number of benzene rings is 1. The molecule has 0 spiro atoms. The fourth-order valence-electron chi connectivity index (χ4n) is 1.97. The maximum Gasteiger partial charge on any atom is 0.142 e. The van der Waals surface area contributed by atoms with Crippen LogP contribution in [-0.2, 0) is 11.2 Å². The predicted molar refractivity (Wildman–Crippen MR) is 60.1 cm³/mol. The van der Waals surface area contributed by atoms with Crippen LogP contribution in [0.5, 0.6) is 0 Å². The summed E-state index contributed by atoms with van der Waals surface area (Å²) in [4.78, 5) is 0. The lowest BCUT2D eigenvalue weighted by Gasteiger charge is -2.32. The van der Waals surface area contributed by atoms with Crippen LogP contribution in [0.25, 0.3) is 0 Å². The van der Waals surface area contributed by atoms with Gasteiger partial charge in [-0.15, -0.1) is 0 Å². The number of halogens is 2. The lowest BCUT2D eigenvalue weighted by Crippen LogP contribution is -2.38. The summed E-state index contributed by atoms with van der Waals surface area (Å²) in [5, 5.41) is 10.4. The van der Waals surface area contributed by atoms with Crippen molar-refractivity contribution in [2.75, 3.05) is 13.2 Å². The fraction of sp³-hybridized carbons (Fsp3) is 0.500. The highest BCUT2D eigenvalue weighted by Gasteiger charge is 2.30. The van der Waals surface area contributed by atoms with E-state index in [2.05, 4.69) is 0 Å². The molecule has 1 heterocycles. The second-order valence-electron chi connectivity index (χ2n) is 4.23. The van der Waals surface area contributed by atoms with Crippen molar-refractivity contribution in [3.05, 3.63) is 34.6 Å². The lowest BCUT2D eigenvalue weighted by atomic mass is 9.87. The van der Waals surface area contributed by atoms with Crippen LogP contribution < -0.4 is 0 Å². The molecule has 0 amide bonds. The van der Waals surface area contributed by atoms with E-state index in [-0.39, 0.29) is 5.02 Å². The molecule has 4 heteroatoms. The summed E-state index contributed by atoms with van der Waals surface area (Å²) in [6.07, 6.45) is 1.52. The molecule has 0 bridgehead atoms. The summed E-state index contributed by atoms with van der Waals surface area (Å²) in [6.45, 7) is 1.09. The highest BCUT2D eigenvalue weighted by atomic mass is 35.5. The molecule has 2 nitrogen and oxygen atoms in total. The third kappa shape index (κ3) is 2.54. The topological polar surface area (TPSA) is 29.5 Å². The van der Waals surface area contributed by atoms with Gasteiger partial charge in [0.25, 0.3) is 0 Å². The molecule has 0 aliphatic carbocycles. The van der Waals surface area contributed by atoms with Gasteiger partial charge in [-0.1, -0.05) is 23.7 Å². The highest BCUT2D eigenvalue weighted by molar-refractivity contribution is 6.31. The quantitative estimate of drug-likeness (QED) is 0.867. The van der Waals surface area contributed by atoms with E-state index in [0.717, 1.165) is 0 Å². The summed E-state index contributed by atoms with van der Waals surface area (Å²) >= 11 is 5.86. The van der Waals surface area contributed by atoms with E-state index in [1.165, 1.54) is 6.07 Å². The van der Waals surface area contributed by atoms with Crippen LogP contribution in [0, 0.1) is 5.82 Å². The number of aliphatic hydroxyl groups is 1. The van der Waals surface area contributed by atoms with Gasteiger partial charge in [0, 0.05) is 19.6 Å². The zero-order chi connectivity index (χ0) is 11.6. The minimum absolute atomic E-state index is 0.113. The minimum atomic E-state index is -0.810. The van der Waals surface area contributed by atoms with Crippen LogP contribution in [0.2, 0.25) is 5.02 Å². The lowest BCUT2D eigenvalue weighted by molar-refractivity contribution is -0.0625. The molecule has 88 valence electrons. The van der Waals surface area contributed by atoms with Crippen molar-refractivity contribution in [2.24, 2.45) is 0 Å². The molecule has 16 heavy (non-hydrogen) atoms. The van der Waals surface area contributed by atoms with Crippen molar-refractivity contribution in [1.29, 1.82) is 0 Å². The molecule has 0 atom stereocenters. The van der Waals surface area contributed by atoms with Gasteiger partial charge in [0.1, 0.15) is 5.82 Å². The fourth-order valence-corrected chi connectivity index (χ4v) is 2.16. The zero-order valence-corrected chi connectivity index (χ0v) is 9.63. The van der Waals surface area contributed by atoms with Crippen LogP contribution in [0.4, 0.5) is 4.39 Å². The molecule has 2 rings (SSSR count). The van der Waals surface area contributed by atoms with Crippen molar-refractivity contribution < 1.29 is 14.2 Å². The van der Waals surface area contributed by atoms with Crippen LogP contribution in [0.1, 0.15) is 18.4 Å². The first-order valence-corrected chi connectivity index (χ1v) is 5.72. The van der Waals surface area contributed by atoms with Gasteiger partial charge in [-0.05, 0) is 24.5 Å². The Morgan fingerprint density at radius 3 is 2.75 bits per heavy atom. The number of hydrogen-bond donors (Lipinski definition) is 1. The Bertz CT molecular complexity index is 375. The van der Waals surface area contributed by atoms with Gasteiger partial charge in [-0.2, -0.15) is 0 Å². The smallest absolute Gasteiger partial charge is 0.142 e. The first-order valence-electron chi connectivity index (χ1n) is 5.34. The number of hydrogen-bond acceptors (Lipinski definition) is 2. The van der Waals surface area contributed by atoms with Gasteiger partial charge in [0.2, 0.25) is 0 Å². The van der Waals surface area contributed by atoms with Crippen LogP contribution in [0.3, 0.4) is 0 Å². The van der Waals surface area contributed by atoms with E-state index in [9.17, 15) is 9.50 Å². The predicted octanol–water partition coefficient (Wildman–Crippen LogP) is 2.56. The first-order chi connectivity index (χ1) is 7.61. The minimum Gasteiger partial charge on any atom is -0.389 e. The van der Waals surface area contributed by atoms with Crippen LogP contribution in [-0.4, -0.2) is 23.9 Å². The standard InChI is InChI=1S/C12H14ClFO2/c13-11-9(2-1-3-10(11)14)8-12(15)4-6-16-7-5-12/h1-3,15H,4-8H2. The largest absolute Gasteiger partial charge is 0.389 e. The maximum atomic E-state index is 13.2. The van der Waals surface area contributed by atoms with Crippen molar-refractivity contribution in [3.8, 4) is 0 Å². The Labute approximate surface area is 99.0 Å². The summed E-state index contributed by atoms with van der Waals surface area (Å²) < 4.78 is 18.4. The van der Waals surface area contributed by atoms with Gasteiger partial charge < -0.3 is 9.84 Å². The van der Waals surface area contributed by atoms with Crippen molar-refractivity contribution in [3.63, 3.8) is 0 Å². The maximum absolute atomic E-state index is 13.2. The Balaban J connectivity index is 2.16. The molecule has 0 unspecified atom stereocenters. The van der Waals surface area contributed by atoms with Gasteiger partial charge >= 0.3 is 0 Å². The second kappa shape index (κ2) is 4.70. The normalized spacial score (nSPS) is 19.7. The Morgan fingerprint density at radius 1 is 1.38 bits per heavy atom. The summed E-state index contributed by atoms with van der Waals surface area (Å²) in [6, 6.07) is 4.68. The van der Waals surface area contributed by atoms with E-state index in [0.29, 0.717) is 38.0 Å². The third-order valence-corrected chi connectivity index (χ3v) is 3.40. The van der Waals surface area contributed by atoms with Crippen molar-refractivity contribution in [2.45, 2.75) is 24.9 Å². The molecule has 0 radical (unpaired) electrons. The van der Waals surface area contributed by atoms with Crippen molar-refractivity contribution in [1.82, 2.24) is 0 Å². The highest BCUT2D eigenvalue weighted by Crippen LogP contribution is 2.29. The van der Waals surface area contributed by atoms with Crippen molar-refractivity contribution >= 4 is 11.6 Å². The molecular weight excluding hydrogens is 231 g/mol. The van der Waals surface area contributed by atoms with Crippen LogP contribution in [0.15, 0.2) is 18.2 Å². The molecule has 1 N–H and O–H groups in total. The summed E-state index contributed by atoms with van der Waals surface area (Å²) in [7, 11) is 0. The van der Waals surface area contributed by atoms with E-state index in [1.54, 1.807) is 12.1 Å².